The van der Waals surface area contributed by atoms with E-state index in [1.807, 2.05) is 18.2 Å². The number of rotatable bonds is 4. The number of halogens is 2. The molecule has 0 atom stereocenters. The second kappa shape index (κ2) is 6.57. The van der Waals surface area contributed by atoms with Crippen molar-refractivity contribution < 1.29 is 3.89 Å². The summed E-state index contributed by atoms with van der Waals surface area (Å²) in [5.74, 6) is 0.357. The SMILES string of the molecule is CN1CCN(Cc2c(CSF)[nH]c3ccc(Cl)cc23)CC1. The Bertz CT molecular complexity index is 623. The van der Waals surface area contributed by atoms with Crippen molar-refractivity contribution in [1.29, 1.82) is 0 Å². The number of likely N-dealkylation sites (N-methyl/N-ethyl adjacent to an activating group) is 1. The molecule has 21 heavy (non-hydrogen) atoms. The van der Waals surface area contributed by atoms with Gasteiger partial charge >= 0.3 is 0 Å². The molecule has 1 aliphatic heterocycles. The van der Waals surface area contributed by atoms with E-state index >= 15 is 0 Å². The summed E-state index contributed by atoms with van der Waals surface area (Å²) in [6.07, 6.45) is 0. The fourth-order valence-electron chi connectivity index (χ4n) is 2.86. The van der Waals surface area contributed by atoms with Gasteiger partial charge in [-0.2, -0.15) is 3.89 Å². The molecular formula is C15H19ClFN3S. The predicted octanol–water partition coefficient (Wildman–Crippen LogP) is 3.69. The molecule has 0 unspecified atom stereocenters. The van der Waals surface area contributed by atoms with Crippen molar-refractivity contribution in [3.8, 4) is 0 Å². The van der Waals surface area contributed by atoms with E-state index in [0.29, 0.717) is 17.9 Å². The van der Waals surface area contributed by atoms with Gasteiger partial charge in [-0.05, 0) is 30.8 Å². The molecule has 1 N–H and O–H groups in total. The highest BCUT2D eigenvalue weighted by atomic mass is 35.5. The summed E-state index contributed by atoms with van der Waals surface area (Å²) in [6.45, 7) is 5.11. The van der Waals surface area contributed by atoms with Crippen LogP contribution in [0.15, 0.2) is 18.2 Å². The molecule has 1 saturated heterocycles. The van der Waals surface area contributed by atoms with Crippen LogP contribution >= 0.6 is 23.7 Å². The molecule has 0 radical (unpaired) electrons. The number of hydrogen-bond donors (Lipinski definition) is 1. The van der Waals surface area contributed by atoms with Crippen LogP contribution in [-0.2, 0) is 12.3 Å². The maximum Gasteiger partial charge on any atom is 0.0656 e. The molecule has 3 nitrogen and oxygen atoms in total. The zero-order valence-corrected chi connectivity index (χ0v) is 13.6. The topological polar surface area (TPSA) is 22.3 Å². The van der Waals surface area contributed by atoms with E-state index in [1.54, 1.807) is 0 Å². The summed E-state index contributed by atoms with van der Waals surface area (Å²) in [5, 5.41) is 1.84. The van der Waals surface area contributed by atoms with Crippen molar-refractivity contribution >= 4 is 34.7 Å². The fraction of sp³-hybridized carbons (Fsp3) is 0.467. The van der Waals surface area contributed by atoms with E-state index in [2.05, 4.69) is 21.8 Å². The number of piperazine rings is 1. The van der Waals surface area contributed by atoms with Gasteiger partial charge < -0.3 is 9.88 Å². The Morgan fingerprint density at radius 2 is 2.05 bits per heavy atom. The van der Waals surface area contributed by atoms with Crippen molar-refractivity contribution in [2.75, 3.05) is 33.2 Å². The average Bonchev–Trinajstić information content (AvgIpc) is 2.79. The molecular weight excluding hydrogens is 309 g/mol. The van der Waals surface area contributed by atoms with Gasteiger partial charge in [-0.1, -0.05) is 11.6 Å². The number of hydrogen-bond acceptors (Lipinski definition) is 3. The quantitative estimate of drug-likeness (QED) is 0.926. The van der Waals surface area contributed by atoms with Gasteiger partial charge in [0.15, 0.2) is 0 Å². The molecule has 2 aromatic rings. The summed E-state index contributed by atoms with van der Waals surface area (Å²) in [5.41, 5.74) is 3.19. The first kappa shape index (κ1) is 15.2. The number of H-pyrrole nitrogens is 1. The lowest BCUT2D eigenvalue weighted by molar-refractivity contribution is 0.148. The van der Waals surface area contributed by atoms with E-state index in [0.717, 1.165) is 54.3 Å². The third-order valence-corrected chi connectivity index (χ3v) is 4.77. The third-order valence-electron chi connectivity index (χ3n) is 4.13. The van der Waals surface area contributed by atoms with Gasteiger partial charge in [0, 0.05) is 54.3 Å². The van der Waals surface area contributed by atoms with Gasteiger partial charge in [-0.3, -0.25) is 4.90 Å². The zero-order chi connectivity index (χ0) is 14.8. The molecule has 0 amide bonds. The first-order valence-corrected chi connectivity index (χ1v) is 8.37. The molecule has 3 rings (SSSR count). The van der Waals surface area contributed by atoms with Gasteiger partial charge in [0.05, 0.1) is 17.9 Å². The Morgan fingerprint density at radius 3 is 2.76 bits per heavy atom. The highest BCUT2D eigenvalue weighted by Gasteiger charge is 2.18. The summed E-state index contributed by atoms with van der Waals surface area (Å²) < 4.78 is 12.7. The maximum atomic E-state index is 12.7. The van der Waals surface area contributed by atoms with Crippen LogP contribution in [0.1, 0.15) is 11.3 Å². The molecule has 0 spiro atoms. The van der Waals surface area contributed by atoms with E-state index in [4.69, 9.17) is 11.6 Å². The van der Waals surface area contributed by atoms with E-state index in [9.17, 15) is 3.89 Å². The minimum atomic E-state index is 0.357. The monoisotopic (exact) mass is 327 g/mol. The Labute approximate surface area is 133 Å². The van der Waals surface area contributed by atoms with Crippen LogP contribution in [0.2, 0.25) is 5.02 Å². The van der Waals surface area contributed by atoms with Gasteiger partial charge in [-0.15, -0.1) is 0 Å². The maximum absolute atomic E-state index is 12.7. The van der Waals surface area contributed by atoms with Crippen LogP contribution in [0.3, 0.4) is 0 Å². The number of aromatic nitrogens is 1. The predicted molar refractivity (Wildman–Crippen MR) is 88.5 cm³/mol. The van der Waals surface area contributed by atoms with Crippen LogP contribution in [0, 0.1) is 0 Å². The van der Waals surface area contributed by atoms with Crippen molar-refractivity contribution in [2.45, 2.75) is 12.3 Å². The lowest BCUT2D eigenvalue weighted by Gasteiger charge is -2.32. The minimum absolute atomic E-state index is 0.357. The summed E-state index contributed by atoms with van der Waals surface area (Å²) in [7, 11) is 2.15. The summed E-state index contributed by atoms with van der Waals surface area (Å²) >= 11 is 6.49. The Balaban J connectivity index is 1.91. The highest BCUT2D eigenvalue weighted by molar-refractivity contribution is 7.93. The molecule has 0 bridgehead atoms. The number of nitrogens with zero attached hydrogens (tertiary/aromatic N) is 2. The van der Waals surface area contributed by atoms with Crippen molar-refractivity contribution in [3.63, 3.8) is 0 Å². The van der Waals surface area contributed by atoms with Crippen molar-refractivity contribution in [2.24, 2.45) is 0 Å². The Hall–Kier alpha value is -0.750. The number of nitrogens with one attached hydrogen (secondary N) is 1. The van der Waals surface area contributed by atoms with Gasteiger partial charge in [0.25, 0.3) is 0 Å². The average molecular weight is 328 g/mol. The van der Waals surface area contributed by atoms with Crippen LogP contribution in [-0.4, -0.2) is 48.0 Å². The fourth-order valence-corrected chi connectivity index (χ4v) is 3.39. The second-order valence-corrected chi connectivity index (χ2v) is 6.55. The molecule has 2 heterocycles. The molecule has 0 aliphatic carbocycles. The van der Waals surface area contributed by atoms with E-state index in [1.165, 1.54) is 5.56 Å². The molecule has 1 fully saturated rings. The molecule has 1 aromatic carbocycles. The lowest BCUT2D eigenvalue weighted by atomic mass is 10.1. The van der Waals surface area contributed by atoms with Gasteiger partial charge in [-0.25, -0.2) is 0 Å². The van der Waals surface area contributed by atoms with Gasteiger partial charge in [0.2, 0.25) is 0 Å². The lowest BCUT2D eigenvalue weighted by Crippen LogP contribution is -2.43. The van der Waals surface area contributed by atoms with Gasteiger partial charge in [0.1, 0.15) is 0 Å². The van der Waals surface area contributed by atoms with Crippen LogP contribution < -0.4 is 0 Å². The first-order valence-electron chi connectivity index (χ1n) is 7.11. The Morgan fingerprint density at radius 1 is 1.29 bits per heavy atom. The highest BCUT2D eigenvalue weighted by Crippen LogP contribution is 2.29. The molecule has 114 valence electrons. The summed E-state index contributed by atoms with van der Waals surface area (Å²) in [4.78, 5) is 8.09. The standard InChI is InChI=1S/C15H19ClFN3S/c1-19-4-6-20(7-5-19)9-13-12-8-11(16)2-3-14(12)18-15(13)10-21-17/h2-3,8,18H,4-7,9-10H2,1H3. The number of fused-ring (bicyclic) bond motifs is 1. The van der Waals surface area contributed by atoms with Crippen LogP contribution in [0.5, 0.6) is 0 Å². The van der Waals surface area contributed by atoms with Crippen LogP contribution in [0.25, 0.3) is 10.9 Å². The number of aromatic amines is 1. The summed E-state index contributed by atoms with van der Waals surface area (Å²) in [6, 6.07) is 5.81. The second-order valence-electron chi connectivity index (χ2n) is 5.60. The normalized spacial score (nSPS) is 17.7. The van der Waals surface area contributed by atoms with E-state index < -0.39 is 0 Å². The van der Waals surface area contributed by atoms with Crippen molar-refractivity contribution in [3.05, 3.63) is 34.5 Å². The molecule has 1 aliphatic rings. The smallest absolute Gasteiger partial charge is 0.0656 e. The first-order chi connectivity index (χ1) is 10.2. The third kappa shape index (κ3) is 3.37. The molecule has 0 saturated carbocycles. The molecule has 1 aromatic heterocycles. The minimum Gasteiger partial charge on any atom is -0.357 e. The van der Waals surface area contributed by atoms with E-state index in [-0.39, 0.29) is 0 Å². The Kier molecular flexibility index (Phi) is 4.74. The van der Waals surface area contributed by atoms with Crippen LogP contribution in [0.4, 0.5) is 3.89 Å². The van der Waals surface area contributed by atoms with Crippen molar-refractivity contribution in [1.82, 2.24) is 14.8 Å². The number of benzene rings is 1. The molecule has 6 heteroatoms. The largest absolute Gasteiger partial charge is 0.357 e. The zero-order valence-electron chi connectivity index (χ0n) is 12.0.